The van der Waals surface area contributed by atoms with Crippen LogP contribution in [0.4, 0.5) is 0 Å². The van der Waals surface area contributed by atoms with Crippen molar-refractivity contribution >= 4 is 68.0 Å². The molecular formula is C23H21BrClN3O2S. The molecule has 2 aromatic heterocycles. The molecule has 8 heteroatoms. The van der Waals surface area contributed by atoms with Crippen LogP contribution in [0.25, 0.3) is 17.0 Å². The Kier molecular flexibility index (Phi) is 6.86. The van der Waals surface area contributed by atoms with Crippen molar-refractivity contribution < 1.29 is 9.59 Å². The molecule has 31 heavy (non-hydrogen) atoms. The number of nitrogens with zero attached hydrogens (tertiary/aromatic N) is 3. The molecule has 160 valence electrons. The van der Waals surface area contributed by atoms with Gasteiger partial charge in [0, 0.05) is 52.0 Å². The third-order valence-electron chi connectivity index (χ3n) is 5.58. The highest BCUT2D eigenvalue weighted by Crippen LogP contribution is 2.25. The summed E-state index contributed by atoms with van der Waals surface area (Å²) < 4.78 is 0.999. The smallest absolute Gasteiger partial charge is 0.246 e. The molecule has 0 aliphatic carbocycles. The molecule has 1 amide bonds. The van der Waals surface area contributed by atoms with E-state index in [1.54, 1.807) is 34.6 Å². The lowest BCUT2D eigenvalue weighted by Gasteiger charge is -2.43. The van der Waals surface area contributed by atoms with Crippen molar-refractivity contribution in [3.8, 4) is 0 Å². The summed E-state index contributed by atoms with van der Waals surface area (Å²) in [7, 11) is 0. The number of hydrogen-bond donors (Lipinski definition) is 0. The van der Waals surface area contributed by atoms with Crippen molar-refractivity contribution in [1.82, 2.24) is 14.8 Å². The van der Waals surface area contributed by atoms with E-state index in [1.165, 1.54) is 0 Å². The molecule has 0 saturated carbocycles. The predicted molar refractivity (Wildman–Crippen MR) is 129 cm³/mol. The lowest BCUT2D eigenvalue weighted by molar-refractivity contribution is -0.134. The largest absolute Gasteiger partial charge is 0.333 e. The number of hydrogen-bond acceptors (Lipinski definition) is 5. The van der Waals surface area contributed by atoms with E-state index in [0.29, 0.717) is 24.7 Å². The molecular weight excluding hydrogens is 498 g/mol. The van der Waals surface area contributed by atoms with E-state index < -0.39 is 0 Å². The van der Waals surface area contributed by atoms with Crippen LogP contribution >= 0.6 is 38.9 Å². The number of aldehydes is 1. The molecule has 0 N–H and O–H groups in total. The summed E-state index contributed by atoms with van der Waals surface area (Å²) in [5.41, 5.74) is 1.89. The van der Waals surface area contributed by atoms with Gasteiger partial charge in [0.15, 0.2) is 0 Å². The summed E-state index contributed by atoms with van der Waals surface area (Å²) in [6.07, 6.45) is 6.04. The standard InChI is InChI=1S/C23H21BrClN3O2S/c1-15-22(13-29)27(12-16-2-4-19-20(25)6-7-26-21(19)10-16)8-9-28(15)23(30)5-3-18-11-17(24)14-31-18/h2-7,10-11,13-15,22H,8-9,12H2,1H3/t15-,22?/m0/s1. The predicted octanol–water partition coefficient (Wildman–Crippen LogP) is 5.03. The molecule has 4 rings (SSSR count). The molecule has 3 aromatic rings. The minimum atomic E-state index is -0.370. The summed E-state index contributed by atoms with van der Waals surface area (Å²) in [5.74, 6) is -0.0759. The van der Waals surface area contributed by atoms with Crippen LogP contribution in [0.3, 0.4) is 0 Å². The second-order valence-electron chi connectivity index (χ2n) is 7.51. The maximum absolute atomic E-state index is 12.8. The van der Waals surface area contributed by atoms with Crippen molar-refractivity contribution in [1.29, 1.82) is 0 Å². The number of carbonyl (C=O) groups excluding carboxylic acids is 2. The summed E-state index contributed by atoms with van der Waals surface area (Å²) in [6, 6.07) is 9.14. The van der Waals surface area contributed by atoms with Gasteiger partial charge in [0.2, 0.25) is 5.91 Å². The van der Waals surface area contributed by atoms with E-state index in [0.717, 1.165) is 32.1 Å². The fourth-order valence-corrected chi connectivity index (χ4v) is 5.48. The van der Waals surface area contributed by atoms with Crippen LogP contribution in [0.15, 0.2) is 52.5 Å². The van der Waals surface area contributed by atoms with E-state index in [9.17, 15) is 9.59 Å². The van der Waals surface area contributed by atoms with Gasteiger partial charge in [-0.05, 0) is 52.7 Å². The van der Waals surface area contributed by atoms with Crippen molar-refractivity contribution in [2.75, 3.05) is 13.1 Å². The van der Waals surface area contributed by atoms with Crippen molar-refractivity contribution in [2.24, 2.45) is 0 Å². The van der Waals surface area contributed by atoms with E-state index >= 15 is 0 Å². The number of rotatable bonds is 5. The Hall–Kier alpha value is -2.06. The van der Waals surface area contributed by atoms with Gasteiger partial charge in [0.05, 0.1) is 22.6 Å². The minimum absolute atomic E-state index is 0.0759. The van der Waals surface area contributed by atoms with Crippen LogP contribution < -0.4 is 0 Å². The van der Waals surface area contributed by atoms with Gasteiger partial charge in [-0.2, -0.15) is 0 Å². The monoisotopic (exact) mass is 517 g/mol. The molecule has 0 bridgehead atoms. The van der Waals surface area contributed by atoms with Gasteiger partial charge in [-0.1, -0.05) is 23.7 Å². The Morgan fingerprint density at radius 1 is 1.32 bits per heavy atom. The summed E-state index contributed by atoms with van der Waals surface area (Å²) in [5, 5.41) is 3.56. The molecule has 0 spiro atoms. The van der Waals surface area contributed by atoms with Crippen molar-refractivity contribution in [2.45, 2.75) is 25.6 Å². The number of benzene rings is 1. The number of fused-ring (bicyclic) bond motifs is 1. The minimum Gasteiger partial charge on any atom is -0.333 e. The van der Waals surface area contributed by atoms with Crippen LogP contribution in [0.5, 0.6) is 0 Å². The van der Waals surface area contributed by atoms with Gasteiger partial charge in [0.1, 0.15) is 6.29 Å². The SMILES string of the molecule is C[C@H]1C(C=O)N(Cc2ccc3c(Cl)ccnc3c2)CCN1C(=O)C=Cc1cc(Br)cs1. The lowest BCUT2D eigenvalue weighted by Crippen LogP contribution is -2.60. The molecule has 1 fully saturated rings. The first-order valence-electron chi connectivity index (χ1n) is 9.91. The van der Waals surface area contributed by atoms with E-state index in [2.05, 4.69) is 25.8 Å². The Balaban J connectivity index is 1.46. The topological polar surface area (TPSA) is 53.5 Å². The van der Waals surface area contributed by atoms with E-state index in [1.807, 2.05) is 42.6 Å². The molecule has 2 atom stereocenters. The summed E-state index contributed by atoms with van der Waals surface area (Å²) in [6.45, 7) is 3.73. The lowest BCUT2D eigenvalue weighted by atomic mass is 10.0. The van der Waals surface area contributed by atoms with Gasteiger partial charge >= 0.3 is 0 Å². The quantitative estimate of drug-likeness (QED) is 0.351. The fourth-order valence-electron chi connectivity index (χ4n) is 3.93. The third-order valence-corrected chi connectivity index (χ3v) is 7.56. The van der Waals surface area contributed by atoms with Crippen LogP contribution in [0, 0.1) is 0 Å². The second-order valence-corrected chi connectivity index (χ2v) is 9.78. The van der Waals surface area contributed by atoms with Crippen LogP contribution in [-0.2, 0) is 16.1 Å². The van der Waals surface area contributed by atoms with Crippen molar-refractivity contribution in [3.05, 3.63) is 67.9 Å². The number of carbonyl (C=O) groups is 2. The van der Waals surface area contributed by atoms with Gasteiger partial charge in [-0.3, -0.25) is 14.7 Å². The number of thiophene rings is 1. The zero-order chi connectivity index (χ0) is 22.0. The van der Waals surface area contributed by atoms with Crippen LogP contribution in [-0.4, -0.2) is 52.2 Å². The fraction of sp³-hybridized carbons (Fsp3) is 0.261. The summed E-state index contributed by atoms with van der Waals surface area (Å²) in [4.78, 5) is 34.0. The maximum Gasteiger partial charge on any atom is 0.246 e. The molecule has 0 radical (unpaired) electrons. The van der Waals surface area contributed by atoms with Gasteiger partial charge in [-0.15, -0.1) is 11.3 Å². The zero-order valence-electron chi connectivity index (χ0n) is 16.9. The highest BCUT2D eigenvalue weighted by molar-refractivity contribution is 9.10. The molecule has 1 aliphatic heterocycles. The highest BCUT2D eigenvalue weighted by atomic mass is 79.9. The number of halogens is 2. The first-order valence-corrected chi connectivity index (χ1v) is 12.0. The van der Waals surface area contributed by atoms with Gasteiger partial charge < -0.3 is 9.69 Å². The Morgan fingerprint density at radius 3 is 2.90 bits per heavy atom. The van der Waals surface area contributed by atoms with E-state index in [4.69, 9.17) is 11.6 Å². The highest BCUT2D eigenvalue weighted by Gasteiger charge is 2.35. The van der Waals surface area contributed by atoms with Crippen molar-refractivity contribution in [3.63, 3.8) is 0 Å². The average molecular weight is 519 g/mol. The van der Waals surface area contributed by atoms with E-state index in [-0.39, 0.29) is 18.0 Å². The van der Waals surface area contributed by atoms with Gasteiger partial charge in [0.25, 0.3) is 0 Å². The second kappa shape index (κ2) is 9.61. The first-order chi connectivity index (χ1) is 15.0. The Labute approximate surface area is 198 Å². The Bertz CT molecular complexity index is 1150. The maximum atomic E-state index is 12.8. The van der Waals surface area contributed by atoms with Crippen LogP contribution in [0.2, 0.25) is 5.02 Å². The van der Waals surface area contributed by atoms with Crippen LogP contribution in [0.1, 0.15) is 17.4 Å². The normalized spacial score (nSPS) is 19.9. The zero-order valence-corrected chi connectivity index (χ0v) is 20.0. The number of amides is 1. The third kappa shape index (κ3) is 4.90. The first kappa shape index (κ1) is 22.1. The Morgan fingerprint density at radius 2 is 2.16 bits per heavy atom. The number of piperazine rings is 1. The molecule has 1 aromatic carbocycles. The number of aromatic nitrogens is 1. The average Bonchev–Trinajstić information content (AvgIpc) is 3.17. The number of pyridine rings is 1. The molecule has 1 aliphatic rings. The summed E-state index contributed by atoms with van der Waals surface area (Å²) >= 11 is 11.2. The molecule has 5 nitrogen and oxygen atoms in total. The molecule has 1 saturated heterocycles. The molecule has 1 unspecified atom stereocenters. The van der Waals surface area contributed by atoms with Gasteiger partial charge in [-0.25, -0.2) is 0 Å². The molecule has 3 heterocycles.